The largest absolute Gasteiger partial charge is 0.440 e. The molecule has 4 aromatic heterocycles. The maximum absolute atomic E-state index is 14.8. The van der Waals surface area contributed by atoms with E-state index in [1.807, 2.05) is 204 Å². The lowest BCUT2D eigenvalue weighted by Gasteiger charge is -2.41. The molecular weight excluding hydrogens is 1960 g/mol. The van der Waals surface area contributed by atoms with E-state index in [-0.39, 0.29) is 90.7 Å². The summed E-state index contributed by atoms with van der Waals surface area (Å²) < 4.78 is 173. The van der Waals surface area contributed by atoms with Crippen molar-refractivity contribution in [3.8, 4) is 44.9 Å². The highest BCUT2D eigenvalue weighted by atomic mass is 32.1. The second-order valence-electron chi connectivity index (χ2n) is 43.4. The standard InChI is InChI=1S/C30H37F2N3O3.2C29H35F3N2O3.C29H35F3N2O2S.CH4/c1-18-15-33-16-21(18)17-35(29(37)19(2)36)27(30(3,4)5)26-25(13-20-9-7-6-8-10-20)38-28(34-26)23-14-22(31)11-12-24(23)32;3*1-18(17-30)13-14-34(28(36)19(2)35)26(29(3,4)5)25-24(15-20-9-7-6-8-10-20)37-27(33-25)22-16-21(31)11-12-23(22)32;/h6-12,14,18-19,21,27,33,36H,13,15-17H2,1-5H3;3*6-12,16,18-19,26,35H,13-15,17H2,1-5H3;1H4/t18-,19-,21-,27+;18-,19-,26+;18-,19-,26-;18-,19-,26+;/m0000./s1. The summed E-state index contributed by atoms with van der Waals surface area (Å²) in [6.45, 7) is 37.5. The molecule has 0 aliphatic carbocycles. The van der Waals surface area contributed by atoms with Crippen LogP contribution in [0.3, 0.4) is 0 Å². The Morgan fingerprint density at radius 1 is 0.367 bits per heavy atom. The van der Waals surface area contributed by atoms with E-state index in [0.717, 1.165) is 113 Å². The second-order valence-corrected chi connectivity index (χ2v) is 44.4. The minimum atomic E-state index is -1.30. The number of aromatic nitrogens is 4. The molecule has 0 spiro atoms. The van der Waals surface area contributed by atoms with Crippen LogP contribution in [-0.2, 0) is 44.9 Å². The number of hydrogen-bond donors (Lipinski definition) is 5. The maximum atomic E-state index is 14.8. The molecule has 0 bridgehead atoms. The molecule has 13 rings (SSSR count). The number of nitrogens with zero attached hydrogens (tertiary/aromatic N) is 8. The van der Waals surface area contributed by atoms with Gasteiger partial charge in [0.05, 0.1) is 66.6 Å². The van der Waals surface area contributed by atoms with E-state index in [1.54, 1.807) is 30.6 Å². The molecule has 150 heavy (non-hydrogen) atoms. The van der Waals surface area contributed by atoms with Gasteiger partial charge < -0.3 is 58.6 Å². The Kier molecular flexibility index (Phi) is 43.9. The van der Waals surface area contributed by atoms with Gasteiger partial charge in [-0.25, -0.2) is 55.1 Å². The monoisotopic (exact) mass is 2110 g/mol. The summed E-state index contributed by atoms with van der Waals surface area (Å²) in [5, 5.41) is 44.8. The SMILES string of the molecule is C.C[C@H](CF)CCN(C(=O)[C@H](C)O)[C@@H](c1nc(-c2cc(F)ccc2F)oc1Cc1ccccc1)C(C)(C)C.C[C@H](CF)CCN(C(=O)[C@H](C)O)[C@H](c1nc(-c2cc(F)ccc2F)oc1Cc1ccccc1)C(C)(C)C.C[C@H](CF)CCN(C(=O)[C@H](C)O)[C@H](c1nc(-c2cc(F)ccc2F)sc1Cc1ccccc1)C(C)(C)C.C[C@H](O)C(=O)N(C[C@@H]1CNC[C@@H]1C)[C@H](c1nc(-c2cc(F)ccc2F)oc1Cc1ccccc1)C(C)(C)C. The van der Waals surface area contributed by atoms with E-state index in [4.69, 9.17) is 23.2 Å². The first kappa shape index (κ1) is 121. The minimum Gasteiger partial charge on any atom is -0.440 e. The number of alkyl halides is 3. The molecule has 8 aromatic carbocycles. The second kappa shape index (κ2) is 54.3. The fourth-order valence-corrected chi connectivity index (χ4v) is 19.3. The van der Waals surface area contributed by atoms with Gasteiger partial charge in [-0.3, -0.25) is 32.3 Å². The Morgan fingerprint density at radius 3 is 0.893 bits per heavy atom. The molecule has 13 atom stereocenters. The van der Waals surface area contributed by atoms with Gasteiger partial charge in [0.2, 0.25) is 17.7 Å². The number of carbonyl (C=O) groups is 4. The van der Waals surface area contributed by atoms with Gasteiger partial charge in [-0.1, -0.05) is 240 Å². The van der Waals surface area contributed by atoms with E-state index in [2.05, 4.69) is 22.2 Å². The number of halogens is 11. The van der Waals surface area contributed by atoms with Crippen LogP contribution in [0.2, 0.25) is 0 Å². The molecule has 5 N–H and O–H groups in total. The number of carbonyl (C=O) groups excluding carboxylic acids is 4. The summed E-state index contributed by atoms with van der Waals surface area (Å²) in [6.07, 6.45) is -2.49. The van der Waals surface area contributed by atoms with Crippen LogP contribution in [0.15, 0.2) is 207 Å². The number of oxazole rings is 3. The zero-order valence-corrected chi connectivity index (χ0v) is 89.4. The number of aliphatic hydroxyl groups excluding tert-OH is 4. The molecule has 812 valence electrons. The van der Waals surface area contributed by atoms with Crippen LogP contribution >= 0.6 is 11.3 Å². The van der Waals surface area contributed by atoms with E-state index < -0.39 is 160 Å². The Balaban J connectivity index is 0.000000221. The third kappa shape index (κ3) is 32.7. The Bertz CT molecular complexity index is 5890. The fourth-order valence-electron chi connectivity index (χ4n) is 18.2. The van der Waals surface area contributed by atoms with Crippen molar-refractivity contribution >= 4 is 35.0 Å². The van der Waals surface area contributed by atoms with Crippen molar-refractivity contribution in [1.29, 1.82) is 0 Å². The smallest absolute Gasteiger partial charge is 0.251 e. The number of rotatable bonds is 38. The summed E-state index contributed by atoms with van der Waals surface area (Å²) in [4.78, 5) is 79.3. The van der Waals surface area contributed by atoms with Crippen molar-refractivity contribution in [1.82, 2.24) is 44.9 Å². The highest BCUT2D eigenvalue weighted by Crippen LogP contribution is 2.49. The highest BCUT2D eigenvalue weighted by molar-refractivity contribution is 7.15. The number of aliphatic hydroxyl groups is 4. The van der Waals surface area contributed by atoms with Crippen molar-refractivity contribution in [2.45, 2.75) is 239 Å². The van der Waals surface area contributed by atoms with Gasteiger partial charge in [0.25, 0.3) is 23.6 Å². The summed E-state index contributed by atoms with van der Waals surface area (Å²) in [6, 6.07) is 48.1. The van der Waals surface area contributed by atoms with Crippen molar-refractivity contribution in [2.24, 2.45) is 51.2 Å². The molecule has 0 radical (unpaired) electrons. The molecule has 1 saturated heterocycles. The number of amides is 4. The van der Waals surface area contributed by atoms with Crippen LogP contribution in [0, 0.1) is 97.8 Å². The quantitative estimate of drug-likeness (QED) is 0.0225. The molecule has 12 aromatic rings. The van der Waals surface area contributed by atoms with Crippen molar-refractivity contribution in [2.75, 3.05) is 59.3 Å². The lowest BCUT2D eigenvalue weighted by Crippen LogP contribution is -2.48. The lowest BCUT2D eigenvalue weighted by atomic mass is 9.81. The van der Waals surface area contributed by atoms with Crippen molar-refractivity contribution < 1.29 is 101 Å². The van der Waals surface area contributed by atoms with Crippen LogP contribution in [0.25, 0.3) is 44.9 Å². The summed E-state index contributed by atoms with van der Waals surface area (Å²) >= 11 is 1.26. The molecule has 20 nitrogen and oxygen atoms in total. The van der Waals surface area contributed by atoms with E-state index in [1.165, 1.54) is 48.8 Å². The molecule has 0 saturated carbocycles. The Hall–Kier alpha value is -12.1. The predicted octanol–water partition coefficient (Wildman–Crippen LogP) is 26.0. The number of benzene rings is 8. The van der Waals surface area contributed by atoms with Gasteiger partial charge >= 0.3 is 0 Å². The van der Waals surface area contributed by atoms with Crippen LogP contribution in [-0.4, -0.2) is 167 Å². The van der Waals surface area contributed by atoms with Crippen LogP contribution < -0.4 is 5.32 Å². The van der Waals surface area contributed by atoms with Gasteiger partial charge in [-0.05, 0) is 206 Å². The molecule has 4 amide bonds. The first-order chi connectivity index (χ1) is 70.2. The van der Waals surface area contributed by atoms with Gasteiger partial charge in [-0.15, -0.1) is 11.3 Å². The number of hydrogen-bond acceptors (Lipinski definition) is 17. The normalized spacial score (nSPS) is 15.5. The summed E-state index contributed by atoms with van der Waals surface area (Å²) in [5.41, 5.74) is 3.00. The number of thiazole rings is 1. The first-order valence-corrected chi connectivity index (χ1v) is 51.3. The maximum Gasteiger partial charge on any atom is 0.251 e. The third-order valence-electron chi connectivity index (χ3n) is 26.0. The van der Waals surface area contributed by atoms with Crippen LogP contribution in [0.5, 0.6) is 0 Å². The van der Waals surface area contributed by atoms with Crippen molar-refractivity contribution in [3.05, 3.63) is 308 Å². The summed E-state index contributed by atoms with van der Waals surface area (Å²) in [7, 11) is 0. The van der Waals surface area contributed by atoms with Gasteiger partial charge in [0, 0.05) is 62.3 Å². The van der Waals surface area contributed by atoms with Gasteiger partial charge in [-0.2, -0.15) is 0 Å². The molecule has 1 fully saturated rings. The van der Waals surface area contributed by atoms with E-state index in [9.17, 15) is 87.9 Å². The zero-order chi connectivity index (χ0) is 110. The molecule has 1 aliphatic rings. The molecular formula is C118H146F11N9O11S. The Morgan fingerprint density at radius 2 is 0.627 bits per heavy atom. The molecule has 1 aliphatic heterocycles. The van der Waals surface area contributed by atoms with E-state index >= 15 is 0 Å². The topological polar surface area (TPSA) is 265 Å². The predicted molar refractivity (Wildman–Crippen MR) is 564 cm³/mol. The third-order valence-corrected chi connectivity index (χ3v) is 27.1. The van der Waals surface area contributed by atoms with Crippen LogP contribution in [0.1, 0.15) is 257 Å². The molecule has 32 heteroatoms. The average molecular weight is 2110 g/mol. The zero-order valence-electron chi connectivity index (χ0n) is 88.6. The summed E-state index contributed by atoms with van der Waals surface area (Å²) in [5.74, 6) is -6.33. The fraction of sp³-hybridized carbons (Fsp3) is 0.458. The minimum absolute atomic E-state index is 0. The average Bonchev–Trinajstić information content (AvgIpc) is 1.61. The van der Waals surface area contributed by atoms with Crippen molar-refractivity contribution in [3.63, 3.8) is 0 Å². The van der Waals surface area contributed by atoms with E-state index in [0.29, 0.717) is 102 Å². The number of nitrogens with one attached hydrogen (secondary N) is 1. The highest BCUT2D eigenvalue weighted by Gasteiger charge is 2.47. The molecule has 0 unspecified atom stereocenters. The Labute approximate surface area is 878 Å². The first-order valence-electron chi connectivity index (χ1n) is 50.5. The molecule has 5 heterocycles. The van der Waals surface area contributed by atoms with Crippen LogP contribution in [0.4, 0.5) is 48.3 Å². The van der Waals surface area contributed by atoms with Gasteiger partial charge in [0.1, 0.15) is 110 Å². The lowest BCUT2D eigenvalue weighted by molar-refractivity contribution is -0.146. The van der Waals surface area contributed by atoms with Gasteiger partial charge in [0.15, 0.2) is 0 Å².